The Hall–Kier alpha value is -3.71. The molecule has 1 aliphatic rings. The number of alkyl halides is 3. The molecule has 2 aromatic heterocycles. The van der Waals surface area contributed by atoms with Gasteiger partial charge in [0.25, 0.3) is 0 Å². The van der Waals surface area contributed by atoms with Gasteiger partial charge in [0.1, 0.15) is 0 Å². The molecular formula is C26H23ClF3N5O4S. The molecule has 3 heterocycles. The average Bonchev–Trinajstić information content (AvgIpc) is 3.52. The first-order valence-electron chi connectivity index (χ1n) is 12.0. The van der Waals surface area contributed by atoms with Crippen LogP contribution in [-0.4, -0.2) is 49.8 Å². The van der Waals surface area contributed by atoms with Crippen molar-refractivity contribution in [2.45, 2.75) is 36.1 Å². The Balaban J connectivity index is 1.65. The zero-order valence-electron chi connectivity index (χ0n) is 21.2. The highest BCUT2D eigenvalue weighted by Gasteiger charge is 2.43. The summed E-state index contributed by atoms with van der Waals surface area (Å²) in [5.41, 5.74) is 1.85. The van der Waals surface area contributed by atoms with Gasteiger partial charge in [0.15, 0.2) is 17.3 Å². The summed E-state index contributed by atoms with van der Waals surface area (Å²) in [7, 11) is 3.01. The second kappa shape index (κ2) is 11.0. The Bertz CT molecular complexity index is 1560. The normalized spacial score (nSPS) is 16.6. The summed E-state index contributed by atoms with van der Waals surface area (Å²) in [5, 5.41) is 20.2. The molecule has 14 heteroatoms. The maximum Gasteiger partial charge on any atom is 0.452 e. The molecule has 0 spiro atoms. The minimum absolute atomic E-state index is 0.128. The number of ether oxygens (including phenoxy) is 2. The van der Waals surface area contributed by atoms with Gasteiger partial charge in [-0.2, -0.15) is 18.3 Å². The molecule has 4 aromatic rings. The van der Waals surface area contributed by atoms with Crippen LogP contribution in [0.3, 0.4) is 0 Å². The van der Waals surface area contributed by atoms with Crippen LogP contribution in [0.4, 0.5) is 13.2 Å². The minimum atomic E-state index is -4.77. The van der Waals surface area contributed by atoms with Gasteiger partial charge in [0, 0.05) is 23.3 Å². The Morgan fingerprint density at radius 1 is 1.12 bits per heavy atom. The van der Waals surface area contributed by atoms with Crippen LogP contribution in [0.25, 0.3) is 5.69 Å². The summed E-state index contributed by atoms with van der Waals surface area (Å²) in [5.74, 6) is -1.10. The van der Waals surface area contributed by atoms with Gasteiger partial charge in [-0.25, -0.2) is 0 Å². The van der Waals surface area contributed by atoms with Gasteiger partial charge in [0.05, 0.1) is 42.5 Å². The number of aryl methyl sites for hydroxylation is 1. The number of thioether (sulfide) groups is 1. The Kier molecular flexibility index (Phi) is 7.69. The molecule has 0 saturated heterocycles. The van der Waals surface area contributed by atoms with Crippen LogP contribution in [-0.2, 0) is 23.9 Å². The van der Waals surface area contributed by atoms with Crippen molar-refractivity contribution >= 4 is 29.3 Å². The summed E-state index contributed by atoms with van der Waals surface area (Å²) < 4.78 is 56.4. The summed E-state index contributed by atoms with van der Waals surface area (Å²) in [6.07, 6.45) is -3.04. The van der Waals surface area contributed by atoms with E-state index in [1.165, 1.54) is 38.1 Å². The lowest BCUT2D eigenvalue weighted by molar-refractivity contribution is -0.146. The van der Waals surface area contributed by atoms with Gasteiger partial charge >= 0.3 is 12.1 Å². The number of hydrogen-bond donors (Lipinski definition) is 1. The molecule has 210 valence electrons. The van der Waals surface area contributed by atoms with Crippen molar-refractivity contribution in [1.29, 1.82) is 0 Å². The number of carbonyl (C=O) groups is 1. The number of hydrogen-bond acceptors (Lipinski definition) is 7. The Morgan fingerprint density at radius 2 is 1.93 bits per heavy atom. The van der Waals surface area contributed by atoms with E-state index in [0.717, 1.165) is 4.57 Å². The number of aromatic nitrogens is 5. The minimum Gasteiger partial charge on any atom is -0.493 e. The van der Waals surface area contributed by atoms with Crippen molar-refractivity contribution in [3.05, 3.63) is 82.2 Å². The van der Waals surface area contributed by atoms with E-state index in [4.69, 9.17) is 26.2 Å². The third-order valence-electron chi connectivity index (χ3n) is 6.41. The van der Waals surface area contributed by atoms with Crippen molar-refractivity contribution in [2.75, 3.05) is 14.2 Å². The standard InChI is InChI=1S/C26H23ClF3N5O4S/c1-38-19-5-3-4-16(22(19)39-2)23-17-12-14(27)6-7-18(17)35-24(31-32-25(35)26(28,29)30)20(40-23)9-11-34-10-8-15(33-34)13-21(36)37/h3-8,10,12,20,23H,9,11,13H2,1-2H3,(H,36,37). The fourth-order valence-corrected chi connectivity index (χ4v) is 6.44. The lowest BCUT2D eigenvalue weighted by Crippen LogP contribution is -2.16. The predicted molar refractivity (Wildman–Crippen MR) is 141 cm³/mol. The van der Waals surface area contributed by atoms with Gasteiger partial charge in [-0.05, 0) is 42.3 Å². The summed E-state index contributed by atoms with van der Waals surface area (Å²) in [6, 6.07) is 11.7. The molecule has 0 aliphatic carbocycles. The number of rotatable bonds is 8. The molecule has 1 aliphatic heterocycles. The number of aliphatic carboxylic acids is 1. The lowest BCUT2D eigenvalue weighted by Gasteiger charge is -2.24. The number of para-hydroxylation sites is 1. The van der Waals surface area contributed by atoms with E-state index in [9.17, 15) is 18.0 Å². The van der Waals surface area contributed by atoms with Crippen LogP contribution in [0.15, 0.2) is 48.7 Å². The topological polar surface area (TPSA) is 104 Å². The molecular weight excluding hydrogens is 571 g/mol. The Morgan fingerprint density at radius 3 is 2.62 bits per heavy atom. The molecule has 2 atom stereocenters. The van der Waals surface area contributed by atoms with Crippen LogP contribution in [0.2, 0.25) is 5.02 Å². The van der Waals surface area contributed by atoms with E-state index >= 15 is 0 Å². The van der Waals surface area contributed by atoms with E-state index in [2.05, 4.69) is 15.3 Å². The van der Waals surface area contributed by atoms with E-state index in [1.54, 1.807) is 35.1 Å². The summed E-state index contributed by atoms with van der Waals surface area (Å²) >= 11 is 7.77. The molecule has 0 amide bonds. The number of carboxylic acids is 1. The number of halogens is 4. The van der Waals surface area contributed by atoms with Crippen molar-refractivity contribution < 1.29 is 32.5 Å². The molecule has 1 N–H and O–H groups in total. The second-order valence-corrected chi connectivity index (χ2v) is 10.7. The first-order chi connectivity index (χ1) is 19.1. The SMILES string of the molecule is COc1cccc(C2SC(CCn3ccc(CC(=O)O)n3)c3nnc(C(F)(F)F)n3-c3ccc(Cl)cc32)c1OC. The number of nitrogens with zero attached hydrogens (tertiary/aromatic N) is 5. The highest BCUT2D eigenvalue weighted by Crippen LogP contribution is 2.54. The van der Waals surface area contributed by atoms with Crippen LogP contribution >= 0.6 is 23.4 Å². The molecule has 2 aromatic carbocycles. The van der Waals surface area contributed by atoms with Crippen LogP contribution in [0, 0.1) is 0 Å². The summed E-state index contributed by atoms with van der Waals surface area (Å²) in [6.45, 7) is 0.296. The number of fused-ring (bicyclic) bond motifs is 3. The van der Waals surface area contributed by atoms with E-state index in [-0.39, 0.29) is 17.9 Å². The molecule has 2 unspecified atom stereocenters. The molecule has 0 fully saturated rings. The fourth-order valence-electron chi connectivity index (χ4n) is 4.75. The van der Waals surface area contributed by atoms with Crippen LogP contribution in [0.1, 0.15) is 45.4 Å². The molecule has 9 nitrogen and oxygen atoms in total. The number of methoxy groups -OCH3 is 2. The number of benzene rings is 2. The third-order valence-corrected chi connectivity index (χ3v) is 8.20. The molecule has 0 bridgehead atoms. The third kappa shape index (κ3) is 5.35. The first-order valence-corrected chi connectivity index (χ1v) is 13.4. The zero-order valence-corrected chi connectivity index (χ0v) is 22.8. The maximum absolute atomic E-state index is 14.2. The predicted octanol–water partition coefficient (Wildman–Crippen LogP) is 5.75. The van der Waals surface area contributed by atoms with Gasteiger partial charge in [0.2, 0.25) is 5.82 Å². The second-order valence-electron chi connectivity index (χ2n) is 8.93. The van der Waals surface area contributed by atoms with Gasteiger partial charge < -0.3 is 14.6 Å². The maximum atomic E-state index is 14.2. The van der Waals surface area contributed by atoms with Gasteiger partial charge in [-0.3, -0.25) is 14.0 Å². The number of carboxylic acid groups (broad SMARTS) is 1. The highest BCUT2D eigenvalue weighted by molar-refractivity contribution is 8.00. The zero-order chi connectivity index (χ0) is 28.6. The van der Waals surface area contributed by atoms with Crippen molar-refractivity contribution in [3.63, 3.8) is 0 Å². The lowest BCUT2D eigenvalue weighted by atomic mass is 10.0. The van der Waals surface area contributed by atoms with E-state index in [0.29, 0.717) is 46.3 Å². The van der Waals surface area contributed by atoms with Gasteiger partial charge in [-0.1, -0.05) is 23.7 Å². The summed E-state index contributed by atoms with van der Waals surface area (Å²) in [4.78, 5) is 11.1. The van der Waals surface area contributed by atoms with Crippen LogP contribution in [0.5, 0.6) is 11.5 Å². The van der Waals surface area contributed by atoms with E-state index in [1.807, 2.05) is 6.07 Å². The quantitative estimate of drug-likeness (QED) is 0.275. The van der Waals surface area contributed by atoms with Gasteiger partial charge in [-0.15, -0.1) is 22.0 Å². The monoisotopic (exact) mass is 593 g/mol. The smallest absolute Gasteiger partial charge is 0.452 e. The molecule has 0 radical (unpaired) electrons. The van der Waals surface area contributed by atoms with Crippen molar-refractivity contribution in [1.82, 2.24) is 24.5 Å². The fraction of sp³-hybridized carbons (Fsp3) is 0.308. The van der Waals surface area contributed by atoms with Crippen molar-refractivity contribution in [2.24, 2.45) is 0 Å². The average molecular weight is 594 g/mol. The van der Waals surface area contributed by atoms with Crippen LogP contribution < -0.4 is 9.47 Å². The van der Waals surface area contributed by atoms with Crippen molar-refractivity contribution in [3.8, 4) is 17.2 Å². The first kappa shape index (κ1) is 27.8. The highest BCUT2D eigenvalue weighted by atomic mass is 35.5. The molecule has 40 heavy (non-hydrogen) atoms. The molecule has 0 saturated carbocycles. The van der Waals surface area contributed by atoms with E-state index < -0.39 is 28.5 Å². The Labute approximate surface area is 235 Å². The largest absolute Gasteiger partial charge is 0.493 e. The molecule has 5 rings (SSSR count).